The number of hydrogen-bond acceptors (Lipinski definition) is 3. The van der Waals surface area contributed by atoms with E-state index < -0.39 is 0 Å². The summed E-state index contributed by atoms with van der Waals surface area (Å²) in [5, 5.41) is 4.56. The van der Waals surface area contributed by atoms with Crippen molar-refractivity contribution in [1.29, 1.82) is 0 Å². The zero-order chi connectivity index (χ0) is 15.2. The maximum absolute atomic E-state index is 4.38. The molecule has 0 bridgehead atoms. The summed E-state index contributed by atoms with van der Waals surface area (Å²) < 4.78 is 2.13. The van der Waals surface area contributed by atoms with Crippen molar-refractivity contribution in [2.24, 2.45) is 12.0 Å². The smallest absolute Gasteiger partial charge is 0.193 e. The van der Waals surface area contributed by atoms with E-state index >= 15 is 0 Å². The molecule has 114 valence electrons. The first-order chi connectivity index (χ1) is 10.1. The van der Waals surface area contributed by atoms with Crippen LogP contribution in [0, 0.1) is 6.92 Å². The van der Waals surface area contributed by atoms with Crippen molar-refractivity contribution < 1.29 is 0 Å². The van der Waals surface area contributed by atoms with Gasteiger partial charge in [-0.3, -0.25) is 4.99 Å². The molecular formula is C15H23N5S. The molecule has 2 aromatic rings. The monoisotopic (exact) mass is 305 g/mol. The van der Waals surface area contributed by atoms with Gasteiger partial charge in [-0.25, -0.2) is 4.98 Å². The first kappa shape index (κ1) is 15.6. The third-order valence-corrected chi connectivity index (χ3v) is 4.29. The number of nitrogens with zero attached hydrogens (tertiary/aromatic N) is 4. The molecule has 0 unspecified atom stereocenters. The maximum atomic E-state index is 4.38. The zero-order valence-electron chi connectivity index (χ0n) is 13.1. The number of rotatable bonds is 5. The first-order valence-corrected chi connectivity index (χ1v) is 7.85. The van der Waals surface area contributed by atoms with E-state index in [4.69, 9.17) is 0 Å². The third kappa shape index (κ3) is 4.32. The third-order valence-electron chi connectivity index (χ3n) is 3.31. The Bertz CT molecular complexity index is 599. The minimum absolute atomic E-state index is 0.833. The van der Waals surface area contributed by atoms with Crippen molar-refractivity contribution >= 4 is 17.3 Å². The van der Waals surface area contributed by atoms with E-state index in [9.17, 15) is 0 Å². The second kappa shape index (κ2) is 7.26. The second-order valence-electron chi connectivity index (χ2n) is 5.06. The Balaban J connectivity index is 1.83. The van der Waals surface area contributed by atoms with Gasteiger partial charge in [0.15, 0.2) is 5.96 Å². The van der Waals surface area contributed by atoms with Crippen LogP contribution in [-0.4, -0.2) is 41.1 Å². The van der Waals surface area contributed by atoms with E-state index in [1.807, 2.05) is 13.2 Å². The molecule has 0 saturated carbocycles. The highest BCUT2D eigenvalue weighted by molar-refractivity contribution is 7.11. The topological polar surface area (TPSA) is 45.5 Å². The van der Waals surface area contributed by atoms with E-state index in [2.05, 4.69) is 64.1 Å². The highest BCUT2D eigenvalue weighted by Gasteiger charge is 2.08. The lowest BCUT2D eigenvalue weighted by Crippen LogP contribution is -2.39. The minimum Gasteiger partial charge on any atom is -0.356 e. The van der Waals surface area contributed by atoms with Gasteiger partial charge in [0.2, 0.25) is 0 Å². The van der Waals surface area contributed by atoms with Crippen LogP contribution in [0.4, 0.5) is 0 Å². The average Bonchev–Trinajstić information content (AvgIpc) is 3.04. The second-order valence-corrected chi connectivity index (χ2v) is 6.37. The molecule has 2 heterocycles. The van der Waals surface area contributed by atoms with Gasteiger partial charge < -0.3 is 14.8 Å². The molecule has 0 aliphatic rings. The predicted molar refractivity (Wildman–Crippen MR) is 88.8 cm³/mol. The van der Waals surface area contributed by atoms with Gasteiger partial charge >= 0.3 is 0 Å². The van der Waals surface area contributed by atoms with Crippen LogP contribution in [0.2, 0.25) is 0 Å². The van der Waals surface area contributed by atoms with Gasteiger partial charge in [-0.15, -0.1) is 11.3 Å². The fraction of sp³-hybridized carbons (Fsp3) is 0.467. The molecule has 0 fully saturated rings. The number of guanidine groups is 1. The quantitative estimate of drug-likeness (QED) is 0.679. The molecule has 0 amide bonds. The van der Waals surface area contributed by atoms with Gasteiger partial charge in [0, 0.05) is 57.1 Å². The minimum atomic E-state index is 0.833. The molecule has 2 aromatic heterocycles. The number of aromatic nitrogens is 2. The molecule has 0 aliphatic carbocycles. The Morgan fingerprint density at radius 1 is 1.52 bits per heavy atom. The molecule has 0 spiro atoms. The van der Waals surface area contributed by atoms with Crippen LogP contribution in [0.1, 0.15) is 15.6 Å². The molecule has 2 rings (SSSR count). The predicted octanol–water partition coefficient (Wildman–Crippen LogP) is 2.04. The summed E-state index contributed by atoms with van der Waals surface area (Å²) in [4.78, 5) is 12.1. The lowest BCUT2D eigenvalue weighted by Gasteiger charge is -2.22. The van der Waals surface area contributed by atoms with Crippen LogP contribution in [0.25, 0.3) is 0 Å². The van der Waals surface area contributed by atoms with Gasteiger partial charge in [-0.1, -0.05) is 0 Å². The Morgan fingerprint density at radius 3 is 2.90 bits per heavy atom. The molecule has 0 radical (unpaired) electrons. The summed E-state index contributed by atoms with van der Waals surface area (Å²) in [6, 6.07) is 4.19. The summed E-state index contributed by atoms with van der Waals surface area (Å²) in [6.45, 7) is 3.76. The average molecular weight is 305 g/mol. The normalized spacial score (nSPS) is 11.7. The van der Waals surface area contributed by atoms with E-state index in [1.54, 1.807) is 11.3 Å². The van der Waals surface area contributed by atoms with Gasteiger partial charge in [0.05, 0.1) is 11.6 Å². The van der Waals surface area contributed by atoms with Crippen LogP contribution >= 0.6 is 11.3 Å². The lowest BCUT2D eigenvalue weighted by atomic mass is 10.4. The Hall–Kier alpha value is -1.82. The molecule has 0 atom stereocenters. The number of hydrogen-bond donors (Lipinski definition) is 1. The largest absolute Gasteiger partial charge is 0.356 e. The molecule has 0 aromatic carbocycles. The van der Waals surface area contributed by atoms with Crippen molar-refractivity contribution in [2.45, 2.75) is 19.9 Å². The number of aliphatic imine (C=N–C) groups is 1. The van der Waals surface area contributed by atoms with Gasteiger partial charge in [0.1, 0.15) is 0 Å². The van der Waals surface area contributed by atoms with Crippen molar-refractivity contribution in [3.05, 3.63) is 40.1 Å². The SMILES string of the molecule is CN=C(NCCc1ncc(C)s1)N(C)Cc1cccn1C. The van der Waals surface area contributed by atoms with Crippen molar-refractivity contribution in [1.82, 2.24) is 19.8 Å². The van der Waals surface area contributed by atoms with E-state index in [-0.39, 0.29) is 0 Å². The summed E-state index contributed by atoms with van der Waals surface area (Å²) in [6.07, 6.45) is 4.91. The molecule has 1 N–H and O–H groups in total. The Labute approximate surface area is 130 Å². The maximum Gasteiger partial charge on any atom is 0.193 e. The lowest BCUT2D eigenvalue weighted by molar-refractivity contribution is 0.462. The van der Waals surface area contributed by atoms with Gasteiger partial charge in [-0.05, 0) is 19.1 Å². The summed E-state index contributed by atoms with van der Waals surface area (Å²) in [5.41, 5.74) is 1.26. The number of thiazole rings is 1. The Morgan fingerprint density at radius 2 is 2.33 bits per heavy atom. The van der Waals surface area contributed by atoms with Gasteiger partial charge in [0.25, 0.3) is 0 Å². The molecular weight excluding hydrogens is 282 g/mol. The van der Waals surface area contributed by atoms with E-state index in [1.165, 1.54) is 15.6 Å². The summed E-state index contributed by atoms with van der Waals surface area (Å²) in [7, 11) is 5.93. The van der Waals surface area contributed by atoms with Crippen LogP contribution < -0.4 is 5.32 Å². The van der Waals surface area contributed by atoms with Gasteiger partial charge in [-0.2, -0.15) is 0 Å². The summed E-state index contributed by atoms with van der Waals surface area (Å²) >= 11 is 1.75. The number of nitrogens with one attached hydrogen (secondary N) is 1. The highest BCUT2D eigenvalue weighted by atomic mass is 32.1. The molecule has 21 heavy (non-hydrogen) atoms. The summed E-state index contributed by atoms with van der Waals surface area (Å²) in [5.74, 6) is 0.907. The fourth-order valence-corrected chi connectivity index (χ4v) is 2.95. The van der Waals surface area contributed by atoms with Crippen LogP contribution in [0.3, 0.4) is 0 Å². The van der Waals surface area contributed by atoms with Crippen LogP contribution in [0.5, 0.6) is 0 Å². The Kier molecular flexibility index (Phi) is 5.38. The van der Waals surface area contributed by atoms with Crippen molar-refractivity contribution in [2.75, 3.05) is 20.6 Å². The van der Waals surface area contributed by atoms with Crippen molar-refractivity contribution in [3.8, 4) is 0 Å². The fourth-order valence-electron chi connectivity index (χ4n) is 2.16. The highest BCUT2D eigenvalue weighted by Crippen LogP contribution is 2.11. The van der Waals surface area contributed by atoms with Crippen LogP contribution in [-0.2, 0) is 20.0 Å². The van der Waals surface area contributed by atoms with E-state index in [0.717, 1.165) is 25.5 Å². The molecule has 0 aliphatic heterocycles. The first-order valence-electron chi connectivity index (χ1n) is 7.03. The molecule has 6 heteroatoms. The molecule has 0 saturated heterocycles. The number of aryl methyl sites for hydroxylation is 2. The van der Waals surface area contributed by atoms with Crippen molar-refractivity contribution in [3.63, 3.8) is 0 Å². The van der Waals surface area contributed by atoms with Crippen LogP contribution in [0.15, 0.2) is 29.5 Å². The van der Waals surface area contributed by atoms with E-state index in [0.29, 0.717) is 0 Å². The molecule has 5 nitrogen and oxygen atoms in total. The standard InChI is InChI=1S/C15H23N5S/c1-12-10-18-14(21-12)7-8-17-15(16-2)20(4)11-13-6-5-9-19(13)3/h5-6,9-10H,7-8,11H2,1-4H3,(H,16,17). The zero-order valence-corrected chi connectivity index (χ0v) is 13.9.